The Kier molecular flexibility index (Phi) is 7.08. The fourth-order valence-electron chi connectivity index (χ4n) is 2.30. The van der Waals surface area contributed by atoms with E-state index in [2.05, 4.69) is 41.5 Å². The van der Waals surface area contributed by atoms with Gasteiger partial charge in [-0.15, -0.1) is 11.8 Å². The summed E-state index contributed by atoms with van der Waals surface area (Å²) in [7, 11) is 0. The maximum atomic E-state index is 11.6. The minimum Gasteiger partial charge on any atom is -0.616 e. The Balaban J connectivity index is 3.01. The van der Waals surface area contributed by atoms with E-state index in [-0.39, 0.29) is 16.6 Å². The third-order valence-electron chi connectivity index (χ3n) is 3.56. The van der Waals surface area contributed by atoms with Crippen LogP contribution in [0.1, 0.15) is 52.7 Å². The number of carboxylic acids is 1. The highest BCUT2D eigenvalue weighted by Gasteiger charge is 2.26. The summed E-state index contributed by atoms with van der Waals surface area (Å²) in [5.41, 5.74) is 1.41. The lowest BCUT2D eigenvalue weighted by atomic mass is 9.79. The Bertz CT molecular complexity index is 551. The molecule has 0 spiro atoms. The molecular weight excluding hydrogens is 344 g/mol. The predicted molar refractivity (Wildman–Crippen MR) is 102 cm³/mol. The van der Waals surface area contributed by atoms with Crippen LogP contribution in [0.4, 0.5) is 0 Å². The van der Waals surface area contributed by atoms with Gasteiger partial charge in [-0.2, -0.15) is 0 Å². The maximum Gasteiger partial charge on any atom is 0.353 e. The van der Waals surface area contributed by atoms with Gasteiger partial charge in [0.25, 0.3) is 0 Å². The van der Waals surface area contributed by atoms with E-state index < -0.39 is 17.1 Å². The first kappa shape index (κ1) is 21.2. The number of phenols is 1. The number of hydrogen-bond acceptors (Lipinski definition) is 4. The van der Waals surface area contributed by atoms with Crippen LogP contribution in [0, 0.1) is 0 Å². The topological polar surface area (TPSA) is 80.6 Å². The minimum atomic E-state index is -1.34. The lowest BCUT2D eigenvalue weighted by Gasteiger charge is -2.28. The second-order valence-electron chi connectivity index (χ2n) is 7.90. The summed E-state index contributed by atoms with van der Waals surface area (Å²) in [5.74, 6) is -0.0797. The zero-order valence-corrected chi connectivity index (χ0v) is 16.9. The van der Waals surface area contributed by atoms with Gasteiger partial charge in [-0.05, 0) is 34.1 Å². The molecule has 0 saturated heterocycles. The highest BCUT2D eigenvalue weighted by Crippen LogP contribution is 2.41. The Hall–Kier alpha value is -0.850. The van der Waals surface area contributed by atoms with Crippen molar-refractivity contribution in [2.75, 3.05) is 17.3 Å². The van der Waals surface area contributed by atoms with E-state index >= 15 is 0 Å². The lowest BCUT2D eigenvalue weighted by molar-refractivity contribution is -0.134. The highest BCUT2D eigenvalue weighted by atomic mass is 32.2. The number of carbonyl (C=O) groups is 1. The quantitative estimate of drug-likeness (QED) is 0.584. The standard InChI is InChI=1S/C18H28O4S2/c1-17(2,3)13-9-12(10-14(16(13)21)18(4,5)6)23-7-8-24(22)11-15(19)20/h9-10,21H,7-8,11H2,1-6H3,(H,19,20). The maximum absolute atomic E-state index is 11.6. The van der Waals surface area contributed by atoms with Crippen molar-refractivity contribution in [1.29, 1.82) is 0 Å². The molecular formula is C18H28O4S2. The van der Waals surface area contributed by atoms with Crippen LogP contribution in [-0.2, 0) is 26.8 Å². The van der Waals surface area contributed by atoms with Gasteiger partial charge in [0.05, 0.1) is 0 Å². The molecule has 0 aliphatic heterocycles. The number of rotatable bonds is 6. The van der Waals surface area contributed by atoms with Gasteiger partial charge >= 0.3 is 5.97 Å². The van der Waals surface area contributed by atoms with Gasteiger partial charge in [0.15, 0.2) is 0 Å². The first-order valence-electron chi connectivity index (χ1n) is 7.90. The van der Waals surface area contributed by atoms with Gasteiger partial charge in [-0.25, -0.2) is 4.79 Å². The number of phenolic OH excluding ortho intramolecular Hbond substituents is 1. The SMILES string of the molecule is CC(C)(C)c1cc(SCC[S+]([O-])CC(=O)O)cc(C(C)(C)C)c1O. The van der Waals surface area contributed by atoms with Crippen LogP contribution in [0.5, 0.6) is 5.75 Å². The van der Waals surface area contributed by atoms with Crippen LogP contribution in [0.3, 0.4) is 0 Å². The van der Waals surface area contributed by atoms with Crippen LogP contribution >= 0.6 is 11.8 Å². The normalized spacial score (nSPS) is 13.8. The average Bonchev–Trinajstić information content (AvgIpc) is 2.36. The molecule has 0 aliphatic rings. The van der Waals surface area contributed by atoms with E-state index in [4.69, 9.17) is 5.11 Å². The Morgan fingerprint density at radius 3 is 1.96 bits per heavy atom. The number of carboxylic acid groups (broad SMARTS) is 1. The third-order valence-corrected chi connectivity index (χ3v) is 6.03. The molecule has 0 amide bonds. The first-order chi connectivity index (χ1) is 10.8. The molecule has 0 radical (unpaired) electrons. The highest BCUT2D eigenvalue weighted by molar-refractivity contribution is 8.00. The molecule has 2 N–H and O–H groups in total. The molecule has 0 heterocycles. The van der Waals surface area contributed by atoms with Crippen LogP contribution in [-0.4, -0.2) is 38.0 Å². The van der Waals surface area contributed by atoms with Crippen LogP contribution < -0.4 is 0 Å². The molecule has 0 fully saturated rings. The largest absolute Gasteiger partial charge is 0.616 e. The molecule has 0 aliphatic carbocycles. The van der Waals surface area contributed by atoms with Crippen molar-refractivity contribution in [3.05, 3.63) is 23.3 Å². The van der Waals surface area contributed by atoms with E-state index in [9.17, 15) is 14.5 Å². The molecule has 136 valence electrons. The van der Waals surface area contributed by atoms with E-state index in [1.165, 1.54) is 0 Å². The predicted octanol–water partition coefficient (Wildman–Crippen LogP) is 3.91. The molecule has 1 aromatic rings. The van der Waals surface area contributed by atoms with E-state index in [0.29, 0.717) is 17.3 Å². The second-order valence-corrected chi connectivity index (χ2v) is 10.6. The first-order valence-corrected chi connectivity index (χ1v) is 10.4. The van der Waals surface area contributed by atoms with Crippen LogP contribution in [0.2, 0.25) is 0 Å². The molecule has 1 atom stereocenters. The van der Waals surface area contributed by atoms with Gasteiger partial charge in [-0.1, -0.05) is 41.5 Å². The number of aromatic hydroxyl groups is 1. The average molecular weight is 373 g/mol. The van der Waals surface area contributed by atoms with Gasteiger partial charge in [-0.3, -0.25) is 0 Å². The van der Waals surface area contributed by atoms with Gasteiger partial charge in [0.1, 0.15) is 11.5 Å². The van der Waals surface area contributed by atoms with E-state index in [0.717, 1.165) is 16.0 Å². The van der Waals surface area contributed by atoms with Crippen molar-refractivity contribution in [2.45, 2.75) is 57.3 Å². The molecule has 24 heavy (non-hydrogen) atoms. The van der Waals surface area contributed by atoms with Crippen molar-refractivity contribution in [3.8, 4) is 5.75 Å². The Labute approximate surface area is 152 Å². The summed E-state index contributed by atoms with van der Waals surface area (Å²) in [5, 5.41) is 19.3. The summed E-state index contributed by atoms with van der Waals surface area (Å²) in [6.45, 7) is 12.4. The van der Waals surface area contributed by atoms with Crippen molar-refractivity contribution in [1.82, 2.24) is 0 Å². The zero-order chi connectivity index (χ0) is 18.7. The third kappa shape index (κ3) is 6.22. The summed E-state index contributed by atoms with van der Waals surface area (Å²) < 4.78 is 11.6. The molecule has 0 bridgehead atoms. The van der Waals surface area contributed by atoms with Crippen LogP contribution in [0.25, 0.3) is 0 Å². The second kappa shape index (κ2) is 8.02. The lowest BCUT2D eigenvalue weighted by Crippen LogP contribution is -2.19. The Morgan fingerprint density at radius 1 is 1.12 bits per heavy atom. The Morgan fingerprint density at radius 2 is 1.58 bits per heavy atom. The molecule has 0 saturated carbocycles. The van der Waals surface area contributed by atoms with Crippen molar-refractivity contribution in [2.24, 2.45) is 0 Å². The molecule has 6 heteroatoms. The van der Waals surface area contributed by atoms with Crippen molar-refractivity contribution in [3.63, 3.8) is 0 Å². The van der Waals surface area contributed by atoms with Crippen molar-refractivity contribution >= 4 is 28.9 Å². The summed E-state index contributed by atoms with van der Waals surface area (Å²) in [6.07, 6.45) is 0. The molecule has 1 rings (SSSR count). The molecule has 0 aromatic heterocycles. The summed E-state index contributed by atoms with van der Waals surface area (Å²) in [6, 6.07) is 3.96. The van der Waals surface area contributed by atoms with E-state index in [1.54, 1.807) is 11.8 Å². The summed E-state index contributed by atoms with van der Waals surface area (Å²) >= 11 is 0.205. The number of aliphatic carboxylic acids is 1. The monoisotopic (exact) mass is 372 g/mol. The fourth-order valence-corrected chi connectivity index (χ4v) is 4.43. The smallest absolute Gasteiger partial charge is 0.353 e. The number of benzene rings is 1. The van der Waals surface area contributed by atoms with Crippen LogP contribution in [0.15, 0.2) is 17.0 Å². The molecule has 4 nitrogen and oxygen atoms in total. The van der Waals surface area contributed by atoms with Gasteiger partial charge < -0.3 is 14.8 Å². The molecule has 1 aromatic carbocycles. The number of hydrogen-bond donors (Lipinski definition) is 2. The number of thioether (sulfide) groups is 1. The van der Waals surface area contributed by atoms with E-state index in [1.807, 2.05) is 12.1 Å². The zero-order valence-electron chi connectivity index (χ0n) is 15.3. The fraction of sp³-hybridized carbons (Fsp3) is 0.611. The minimum absolute atomic E-state index is 0.188. The van der Waals surface area contributed by atoms with Gasteiger partial charge in [0, 0.05) is 21.8 Å². The van der Waals surface area contributed by atoms with Gasteiger partial charge in [0.2, 0.25) is 5.75 Å². The molecule has 1 unspecified atom stereocenters. The van der Waals surface area contributed by atoms with Crippen molar-refractivity contribution < 1.29 is 19.6 Å². The summed E-state index contributed by atoms with van der Waals surface area (Å²) in [4.78, 5) is 11.6.